The summed E-state index contributed by atoms with van der Waals surface area (Å²) >= 11 is 0. The highest BCUT2D eigenvalue weighted by Gasteiger charge is 2.25. The fourth-order valence-electron chi connectivity index (χ4n) is 3.09. The third-order valence-corrected chi connectivity index (χ3v) is 4.55. The molecule has 2 atom stereocenters. The molecule has 1 saturated heterocycles. The summed E-state index contributed by atoms with van der Waals surface area (Å²) in [6.45, 7) is 5.27. The van der Waals surface area contributed by atoms with Gasteiger partial charge in [0.15, 0.2) is 0 Å². The molecule has 2 N–H and O–H groups in total. The number of nitrogens with zero attached hydrogens (tertiary/aromatic N) is 1. The van der Waals surface area contributed by atoms with Gasteiger partial charge in [-0.3, -0.25) is 0 Å². The molecule has 2 amide bonds. The predicted octanol–water partition coefficient (Wildman–Crippen LogP) is 2.43. The topological polar surface area (TPSA) is 61.8 Å². The van der Waals surface area contributed by atoms with Crippen LogP contribution < -0.4 is 10.1 Å². The maximum atomic E-state index is 12.3. The molecule has 0 aromatic heterocycles. The number of methoxy groups -OCH3 is 1. The smallest absolute Gasteiger partial charge is 0.317 e. The fraction of sp³-hybridized carbons (Fsp3) is 0.611. The van der Waals surface area contributed by atoms with Crippen LogP contribution in [0.4, 0.5) is 4.79 Å². The quantitative estimate of drug-likeness (QED) is 0.876. The Morgan fingerprint density at radius 2 is 2.09 bits per heavy atom. The van der Waals surface area contributed by atoms with E-state index in [2.05, 4.69) is 5.32 Å². The summed E-state index contributed by atoms with van der Waals surface area (Å²) in [6.07, 6.45) is 2.23. The second kappa shape index (κ2) is 8.20. The molecule has 23 heavy (non-hydrogen) atoms. The Morgan fingerprint density at radius 3 is 2.70 bits per heavy atom. The van der Waals surface area contributed by atoms with Crippen molar-refractivity contribution in [3.05, 3.63) is 29.8 Å². The highest BCUT2D eigenvalue weighted by Crippen LogP contribution is 2.20. The molecule has 1 aromatic carbocycles. The third kappa shape index (κ3) is 5.13. The summed E-state index contributed by atoms with van der Waals surface area (Å²) in [5.41, 5.74) is 1.14. The number of hydrogen-bond donors (Lipinski definition) is 2. The summed E-state index contributed by atoms with van der Waals surface area (Å²) in [7, 11) is 1.65. The lowest BCUT2D eigenvalue weighted by Crippen LogP contribution is -2.48. The van der Waals surface area contributed by atoms with Crippen LogP contribution in [0, 0.1) is 5.92 Å². The molecular formula is C18H28N2O3. The van der Waals surface area contributed by atoms with Crippen LogP contribution in [0.1, 0.15) is 32.3 Å². The van der Waals surface area contributed by atoms with Gasteiger partial charge in [-0.15, -0.1) is 0 Å². The first-order valence-electron chi connectivity index (χ1n) is 8.36. The number of ether oxygens (including phenoxy) is 1. The molecule has 5 nitrogen and oxygen atoms in total. The summed E-state index contributed by atoms with van der Waals surface area (Å²) in [6, 6.07) is 7.96. The van der Waals surface area contributed by atoms with E-state index in [1.165, 1.54) is 0 Å². The summed E-state index contributed by atoms with van der Waals surface area (Å²) in [5.74, 6) is 1.15. The number of aliphatic hydroxyl groups is 1. The van der Waals surface area contributed by atoms with E-state index in [1.807, 2.05) is 43.0 Å². The number of rotatable bonds is 5. The second-order valence-corrected chi connectivity index (χ2v) is 6.47. The molecular weight excluding hydrogens is 292 g/mol. The SMILES string of the molecule is COc1cccc(CC(C)NC(=O)N2CCC(C(C)O)CC2)c1. The van der Waals surface area contributed by atoms with Crippen LogP contribution in [0.3, 0.4) is 0 Å². The predicted molar refractivity (Wildman–Crippen MR) is 90.7 cm³/mol. The Morgan fingerprint density at radius 1 is 1.39 bits per heavy atom. The highest BCUT2D eigenvalue weighted by molar-refractivity contribution is 5.74. The standard InChI is InChI=1S/C18H28N2O3/c1-13(11-15-5-4-6-17(12-15)23-3)19-18(22)20-9-7-16(8-10-20)14(2)21/h4-6,12-14,16,21H,7-11H2,1-3H3,(H,19,22). The average molecular weight is 320 g/mol. The van der Waals surface area contributed by atoms with E-state index in [0.29, 0.717) is 19.0 Å². The van der Waals surface area contributed by atoms with Crippen molar-refractivity contribution in [3.63, 3.8) is 0 Å². The van der Waals surface area contributed by atoms with Gasteiger partial charge in [0.2, 0.25) is 0 Å². The van der Waals surface area contributed by atoms with Crippen LogP contribution in [0.25, 0.3) is 0 Å². The zero-order valence-corrected chi connectivity index (χ0v) is 14.3. The summed E-state index contributed by atoms with van der Waals surface area (Å²) in [4.78, 5) is 14.2. The number of benzene rings is 1. The Labute approximate surface area is 138 Å². The van der Waals surface area contributed by atoms with Gasteiger partial charge in [0, 0.05) is 19.1 Å². The Hall–Kier alpha value is -1.75. The van der Waals surface area contributed by atoms with Crippen molar-refractivity contribution in [1.82, 2.24) is 10.2 Å². The molecule has 2 rings (SSSR count). The summed E-state index contributed by atoms with van der Waals surface area (Å²) < 4.78 is 5.23. The van der Waals surface area contributed by atoms with E-state index < -0.39 is 0 Å². The minimum absolute atomic E-state index is 0.00978. The van der Waals surface area contributed by atoms with Crippen LogP contribution in [0.15, 0.2) is 24.3 Å². The third-order valence-electron chi connectivity index (χ3n) is 4.55. The Balaban J connectivity index is 1.80. The monoisotopic (exact) mass is 320 g/mol. The van der Waals surface area contributed by atoms with Gasteiger partial charge in [0.05, 0.1) is 13.2 Å². The zero-order chi connectivity index (χ0) is 16.8. The van der Waals surface area contributed by atoms with Gasteiger partial charge in [-0.1, -0.05) is 12.1 Å². The molecule has 5 heteroatoms. The molecule has 1 fully saturated rings. The van der Waals surface area contributed by atoms with Gasteiger partial charge in [-0.25, -0.2) is 4.79 Å². The molecule has 1 aliphatic rings. The second-order valence-electron chi connectivity index (χ2n) is 6.47. The van der Waals surface area contributed by atoms with Crippen molar-refractivity contribution in [3.8, 4) is 5.75 Å². The first-order valence-corrected chi connectivity index (χ1v) is 8.36. The maximum absolute atomic E-state index is 12.3. The lowest BCUT2D eigenvalue weighted by Gasteiger charge is -2.34. The van der Waals surface area contributed by atoms with Gasteiger partial charge in [-0.05, 0) is 56.7 Å². The molecule has 0 bridgehead atoms. The van der Waals surface area contributed by atoms with E-state index in [4.69, 9.17) is 4.74 Å². The molecule has 0 spiro atoms. The number of piperidine rings is 1. The van der Waals surface area contributed by atoms with Crippen LogP contribution in [0.5, 0.6) is 5.75 Å². The first-order chi connectivity index (χ1) is 11.0. The van der Waals surface area contributed by atoms with Gasteiger partial charge in [0.25, 0.3) is 0 Å². The van der Waals surface area contributed by atoms with Gasteiger partial charge >= 0.3 is 6.03 Å². The van der Waals surface area contributed by atoms with E-state index in [1.54, 1.807) is 7.11 Å². The van der Waals surface area contributed by atoms with Gasteiger partial charge < -0.3 is 20.1 Å². The van der Waals surface area contributed by atoms with Gasteiger partial charge in [-0.2, -0.15) is 0 Å². The highest BCUT2D eigenvalue weighted by atomic mass is 16.5. The van der Waals surface area contributed by atoms with Crippen LogP contribution in [-0.2, 0) is 6.42 Å². The molecule has 1 aromatic rings. The van der Waals surface area contributed by atoms with E-state index in [0.717, 1.165) is 30.6 Å². The fourth-order valence-corrected chi connectivity index (χ4v) is 3.09. The molecule has 0 radical (unpaired) electrons. The lowest BCUT2D eigenvalue weighted by atomic mass is 9.92. The van der Waals surface area contributed by atoms with E-state index >= 15 is 0 Å². The number of nitrogens with one attached hydrogen (secondary N) is 1. The molecule has 2 unspecified atom stereocenters. The number of likely N-dealkylation sites (tertiary alicyclic amines) is 1. The Bertz CT molecular complexity index is 511. The van der Waals surface area contributed by atoms with E-state index in [-0.39, 0.29) is 18.2 Å². The molecule has 1 aliphatic heterocycles. The van der Waals surface area contributed by atoms with E-state index in [9.17, 15) is 9.90 Å². The number of hydrogen-bond acceptors (Lipinski definition) is 3. The lowest BCUT2D eigenvalue weighted by molar-refractivity contribution is 0.0794. The number of carbonyl (C=O) groups is 1. The molecule has 128 valence electrons. The van der Waals surface area contributed by atoms with Crippen LogP contribution in [-0.4, -0.2) is 48.4 Å². The van der Waals surface area contributed by atoms with Crippen molar-refractivity contribution in [2.45, 2.75) is 45.3 Å². The van der Waals surface area contributed by atoms with Crippen molar-refractivity contribution < 1.29 is 14.6 Å². The number of aliphatic hydroxyl groups excluding tert-OH is 1. The normalized spacial score (nSPS) is 18.3. The Kier molecular flexibility index (Phi) is 6.28. The minimum Gasteiger partial charge on any atom is -0.497 e. The summed E-state index contributed by atoms with van der Waals surface area (Å²) in [5, 5.41) is 12.7. The van der Waals surface area contributed by atoms with Crippen molar-refractivity contribution in [1.29, 1.82) is 0 Å². The number of carbonyl (C=O) groups excluding carboxylic acids is 1. The van der Waals surface area contributed by atoms with Crippen molar-refractivity contribution >= 4 is 6.03 Å². The van der Waals surface area contributed by atoms with Crippen molar-refractivity contribution in [2.24, 2.45) is 5.92 Å². The maximum Gasteiger partial charge on any atom is 0.317 e. The molecule has 0 aliphatic carbocycles. The van der Waals surface area contributed by atoms with Crippen molar-refractivity contribution in [2.75, 3.05) is 20.2 Å². The van der Waals surface area contributed by atoms with Gasteiger partial charge in [0.1, 0.15) is 5.75 Å². The number of urea groups is 1. The minimum atomic E-state index is -0.285. The average Bonchev–Trinajstić information content (AvgIpc) is 2.54. The largest absolute Gasteiger partial charge is 0.497 e. The van der Waals surface area contributed by atoms with Crippen LogP contribution in [0.2, 0.25) is 0 Å². The molecule has 1 heterocycles. The zero-order valence-electron chi connectivity index (χ0n) is 14.3. The number of amides is 2. The molecule has 0 saturated carbocycles. The van der Waals surface area contributed by atoms with Crippen LogP contribution >= 0.6 is 0 Å². The first kappa shape index (κ1) is 17.6.